The zero-order valence-corrected chi connectivity index (χ0v) is 16.9. The molecule has 0 saturated carbocycles. The highest BCUT2D eigenvalue weighted by molar-refractivity contribution is 6.04. The van der Waals surface area contributed by atoms with Gasteiger partial charge in [0.15, 0.2) is 11.6 Å². The number of aromatic nitrogens is 2. The number of rotatable bonds is 4. The number of nitrogen functional groups attached to an aromatic ring is 1. The summed E-state index contributed by atoms with van der Waals surface area (Å²) in [5.74, 6) is -1.59. The summed E-state index contributed by atoms with van der Waals surface area (Å²) >= 11 is 0. The van der Waals surface area contributed by atoms with Gasteiger partial charge in [0.2, 0.25) is 0 Å². The highest BCUT2D eigenvalue weighted by Crippen LogP contribution is 2.31. The van der Waals surface area contributed by atoms with E-state index in [9.17, 15) is 13.6 Å². The fourth-order valence-corrected chi connectivity index (χ4v) is 3.63. The number of hydrogen-bond donors (Lipinski definition) is 2. The summed E-state index contributed by atoms with van der Waals surface area (Å²) in [5, 5.41) is 2.54. The Bertz CT molecular complexity index is 1140. The summed E-state index contributed by atoms with van der Waals surface area (Å²) < 4.78 is 27.7. The van der Waals surface area contributed by atoms with Crippen LogP contribution >= 0.6 is 0 Å². The molecule has 0 fully saturated rings. The van der Waals surface area contributed by atoms with Gasteiger partial charge in [-0.15, -0.1) is 0 Å². The average molecular weight is 421 g/mol. The van der Waals surface area contributed by atoms with E-state index < -0.39 is 23.1 Å². The Balaban J connectivity index is 1.52. The molecule has 31 heavy (non-hydrogen) atoms. The number of halogens is 2. The first-order chi connectivity index (χ1) is 14.9. The third-order valence-electron chi connectivity index (χ3n) is 5.31. The molecule has 0 atom stereocenters. The summed E-state index contributed by atoms with van der Waals surface area (Å²) in [6, 6.07) is 10.5. The highest BCUT2D eigenvalue weighted by Gasteiger charge is 2.21. The standard InChI is InChI=1S/C23H21F2N5O/c1-14-9-12-30(22-21(26)27-10-11-28-22)13-17(14)15-5-7-16(8-6-15)29-23(31)20-18(24)3-2-4-19(20)25/h2-8,10-11H,9,12-13H2,1H3,(H2,26,27)(H,29,31). The summed E-state index contributed by atoms with van der Waals surface area (Å²) in [7, 11) is 0. The molecule has 0 saturated heterocycles. The number of carbonyl (C=O) groups is 1. The lowest BCUT2D eigenvalue weighted by molar-refractivity contribution is 0.101. The first-order valence-electron chi connectivity index (χ1n) is 9.80. The van der Waals surface area contributed by atoms with E-state index in [0.717, 1.165) is 36.2 Å². The maximum atomic E-state index is 13.8. The molecule has 4 rings (SSSR count). The van der Waals surface area contributed by atoms with Crippen LogP contribution in [0.1, 0.15) is 29.3 Å². The molecule has 8 heteroatoms. The van der Waals surface area contributed by atoms with Crippen LogP contribution in [0.5, 0.6) is 0 Å². The van der Waals surface area contributed by atoms with E-state index in [0.29, 0.717) is 23.9 Å². The van der Waals surface area contributed by atoms with E-state index in [-0.39, 0.29) is 0 Å². The molecule has 1 aliphatic heterocycles. The van der Waals surface area contributed by atoms with E-state index in [1.807, 2.05) is 12.1 Å². The van der Waals surface area contributed by atoms with Crippen molar-refractivity contribution in [3.05, 3.63) is 83.2 Å². The minimum Gasteiger partial charge on any atom is -0.381 e. The Morgan fingerprint density at radius 3 is 2.42 bits per heavy atom. The van der Waals surface area contributed by atoms with Gasteiger partial charge in [-0.3, -0.25) is 4.79 Å². The van der Waals surface area contributed by atoms with Crippen LogP contribution in [0.25, 0.3) is 5.57 Å². The van der Waals surface area contributed by atoms with Crippen LogP contribution in [0, 0.1) is 11.6 Å². The van der Waals surface area contributed by atoms with Crippen molar-refractivity contribution >= 4 is 28.8 Å². The van der Waals surface area contributed by atoms with Gasteiger partial charge in [0, 0.05) is 31.2 Å². The van der Waals surface area contributed by atoms with Crippen molar-refractivity contribution in [2.45, 2.75) is 13.3 Å². The second-order valence-corrected chi connectivity index (χ2v) is 7.32. The lowest BCUT2D eigenvalue weighted by Crippen LogP contribution is -2.32. The van der Waals surface area contributed by atoms with E-state index in [2.05, 4.69) is 27.1 Å². The molecule has 0 spiro atoms. The van der Waals surface area contributed by atoms with Crippen molar-refractivity contribution in [3.8, 4) is 0 Å². The second-order valence-electron chi connectivity index (χ2n) is 7.32. The molecule has 0 radical (unpaired) electrons. The van der Waals surface area contributed by atoms with Crippen LogP contribution in [0.4, 0.5) is 26.1 Å². The number of benzene rings is 2. The van der Waals surface area contributed by atoms with Gasteiger partial charge in [-0.1, -0.05) is 23.8 Å². The van der Waals surface area contributed by atoms with E-state index in [1.165, 1.54) is 11.6 Å². The molecular weight excluding hydrogens is 400 g/mol. The van der Waals surface area contributed by atoms with Crippen LogP contribution in [0.15, 0.2) is 60.4 Å². The summed E-state index contributed by atoms with van der Waals surface area (Å²) in [5.41, 5.74) is 9.20. The zero-order chi connectivity index (χ0) is 22.0. The lowest BCUT2D eigenvalue weighted by atomic mass is 9.95. The van der Waals surface area contributed by atoms with Crippen molar-refractivity contribution in [1.82, 2.24) is 9.97 Å². The Morgan fingerprint density at radius 2 is 1.74 bits per heavy atom. The first kappa shape index (κ1) is 20.5. The Hall–Kier alpha value is -3.81. The minimum absolute atomic E-state index is 0.389. The van der Waals surface area contributed by atoms with Crippen molar-refractivity contribution in [3.63, 3.8) is 0 Å². The smallest absolute Gasteiger partial charge is 0.261 e. The molecule has 2 aromatic carbocycles. The van der Waals surface area contributed by atoms with Crippen molar-refractivity contribution in [2.75, 3.05) is 29.0 Å². The topological polar surface area (TPSA) is 84.1 Å². The van der Waals surface area contributed by atoms with Crippen molar-refractivity contribution in [1.29, 1.82) is 0 Å². The van der Waals surface area contributed by atoms with Crippen molar-refractivity contribution in [2.24, 2.45) is 0 Å². The number of anilines is 3. The largest absolute Gasteiger partial charge is 0.381 e. The summed E-state index contributed by atoms with van der Waals surface area (Å²) in [6.07, 6.45) is 4.04. The molecule has 0 bridgehead atoms. The molecule has 0 aliphatic carbocycles. The quantitative estimate of drug-likeness (QED) is 0.657. The number of nitrogens with one attached hydrogen (secondary N) is 1. The third kappa shape index (κ3) is 4.23. The van der Waals surface area contributed by atoms with Gasteiger partial charge < -0.3 is 16.0 Å². The number of hydrogen-bond acceptors (Lipinski definition) is 5. The van der Waals surface area contributed by atoms with Gasteiger partial charge in [0.25, 0.3) is 5.91 Å². The molecule has 1 aliphatic rings. The fraction of sp³-hybridized carbons (Fsp3) is 0.174. The molecule has 1 amide bonds. The van der Waals surface area contributed by atoms with E-state index in [4.69, 9.17) is 5.73 Å². The normalized spacial score (nSPS) is 14.0. The third-order valence-corrected chi connectivity index (χ3v) is 5.31. The molecule has 0 unspecified atom stereocenters. The molecular formula is C23H21F2N5O. The van der Waals surface area contributed by atoms with Crippen LogP contribution in [-0.4, -0.2) is 29.0 Å². The fourth-order valence-electron chi connectivity index (χ4n) is 3.63. The predicted octanol–water partition coefficient (Wildman–Crippen LogP) is 4.27. The Labute approximate surface area is 178 Å². The van der Waals surface area contributed by atoms with Crippen LogP contribution < -0.4 is 16.0 Å². The summed E-state index contributed by atoms with van der Waals surface area (Å²) in [6.45, 7) is 3.50. The Morgan fingerprint density at radius 1 is 1.06 bits per heavy atom. The predicted molar refractivity (Wildman–Crippen MR) is 117 cm³/mol. The van der Waals surface area contributed by atoms with Gasteiger partial charge in [-0.25, -0.2) is 18.7 Å². The van der Waals surface area contributed by atoms with Gasteiger partial charge in [-0.2, -0.15) is 0 Å². The highest BCUT2D eigenvalue weighted by atomic mass is 19.1. The van der Waals surface area contributed by atoms with E-state index >= 15 is 0 Å². The van der Waals surface area contributed by atoms with Crippen LogP contribution in [0.3, 0.4) is 0 Å². The molecule has 2 heterocycles. The van der Waals surface area contributed by atoms with Crippen LogP contribution in [0.2, 0.25) is 0 Å². The SMILES string of the molecule is CC1=C(c2ccc(NC(=O)c3c(F)cccc3F)cc2)CN(c2nccnc2N)CC1. The number of nitrogens with zero attached hydrogens (tertiary/aromatic N) is 3. The molecule has 3 aromatic rings. The molecule has 3 N–H and O–H groups in total. The maximum absolute atomic E-state index is 13.8. The monoisotopic (exact) mass is 421 g/mol. The van der Waals surface area contributed by atoms with Gasteiger partial charge in [-0.05, 0) is 48.7 Å². The first-order valence-corrected chi connectivity index (χ1v) is 9.80. The molecule has 1 aromatic heterocycles. The van der Waals surface area contributed by atoms with Crippen molar-refractivity contribution < 1.29 is 13.6 Å². The molecule has 6 nitrogen and oxygen atoms in total. The molecule has 158 valence electrons. The van der Waals surface area contributed by atoms with Gasteiger partial charge in [0.05, 0.1) is 0 Å². The second kappa shape index (κ2) is 8.51. The maximum Gasteiger partial charge on any atom is 0.261 e. The number of carbonyl (C=O) groups excluding carboxylic acids is 1. The van der Waals surface area contributed by atoms with Gasteiger partial charge in [0.1, 0.15) is 17.2 Å². The lowest BCUT2D eigenvalue weighted by Gasteiger charge is -2.31. The number of nitrogens with two attached hydrogens (primary N) is 1. The van der Waals surface area contributed by atoms with E-state index in [1.54, 1.807) is 24.5 Å². The summed E-state index contributed by atoms with van der Waals surface area (Å²) in [4.78, 5) is 22.8. The Kier molecular flexibility index (Phi) is 5.62. The average Bonchev–Trinajstić information content (AvgIpc) is 2.75. The minimum atomic E-state index is -0.902. The van der Waals surface area contributed by atoms with Crippen LogP contribution in [-0.2, 0) is 0 Å². The number of amides is 1. The zero-order valence-electron chi connectivity index (χ0n) is 16.9. The van der Waals surface area contributed by atoms with Gasteiger partial charge >= 0.3 is 0 Å².